The Morgan fingerprint density at radius 3 is 2.59 bits per heavy atom. The van der Waals surface area contributed by atoms with Crippen LogP contribution in [0.3, 0.4) is 0 Å². The van der Waals surface area contributed by atoms with Crippen LogP contribution in [0.1, 0.15) is 65.2 Å². The van der Waals surface area contributed by atoms with E-state index >= 15 is 0 Å². The predicted octanol–water partition coefficient (Wildman–Crippen LogP) is 3.14. The van der Waals surface area contributed by atoms with E-state index in [1.807, 2.05) is 0 Å². The lowest BCUT2D eigenvalue weighted by Crippen LogP contribution is -2.56. The van der Waals surface area contributed by atoms with E-state index in [0.29, 0.717) is 48.6 Å². The largest absolute Gasteiger partial charge is 0.393 e. The van der Waals surface area contributed by atoms with Crippen molar-refractivity contribution in [1.29, 1.82) is 0 Å². The van der Waals surface area contributed by atoms with Crippen LogP contribution < -0.4 is 0 Å². The number of ketones is 2. The second-order valence-electron chi connectivity index (χ2n) is 9.15. The van der Waals surface area contributed by atoms with E-state index in [-0.39, 0.29) is 22.9 Å². The van der Waals surface area contributed by atoms with Gasteiger partial charge >= 0.3 is 0 Å². The van der Waals surface area contributed by atoms with Gasteiger partial charge in [-0.2, -0.15) is 0 Å². The number of carbonyl (C=O) groups is 2. The zero-order valence-corrected chi connectivity index (χ0v) is 13.8. The van der Waals surface area contributed by atoms with Crippen molar-refractivity contribution < 1.29 is 14.7 Å². The Morgan fingerprint density at radius 1 is 1.05 bits per heavy atom. The third-order valence-electron chi connectivity index (χ3n) is 8.00. The number of aliphatic hydroxyl groups is 1. The first-order chi connectivity index (χ1) is 10.3. The molecule has 0 amide bonds. The molecule has 0 aromatic heterocycles. The first-order valence-corrected chi connectivity index (χ1v) is 9.06. The highest BCUT2D eigenvalue weighted by atomic mass is 16.3. The third-order valence-corrected chi connectivity index (χ3v) is 8.00. The maximum atomic E-state index is 12.8. The fourth-order valence-corrected chi connectivity index (χ4v) is 6.80. The van der Waals surface area contributed by atoms with Gasteiger partial charge in [0.1, 0.15) is 11.6 Å². The van der Waals surface area contributed by atoms with Gasteiger partial charge in [0.05, 0.1) is 6.10 Å². The number of rotatable bonds is 0. The summed E-state index contributed by atoms with van der Waals surface area (Å²) >= 11 is 0. The molecular weight excluding hydrogens is 276 g/mol. The summed E-state index contributed by atoms with van der Waals surface area (Å²) in [6.45, 7) is 4.58. The highest BCUT2D eigenvalue weighted by Crippen LogP contribution is 2.64. The first kappa shape index (κ1) is 14.9. The molecule has 0 aliphatic heterocycles. The van der Waals surface area contributed by atoms with E-state index in [2.05, 4.69) is 13.8 Å². The van der Waals surface area contributed by atoms with Gasteiger partial charge in [0.15, 0.2) is 0 Å². The molecule has 0 radical (unpaired) electrons. The lowest BCUT2D eigenvalue weighted by Gasteiger charge is -2.59. The molecule has 0 aromatic rings. The molecular formula is C19H28O3. The van der Waals surface area contributed by atoms with E-state index in [9.17, 15) is 14.7 Å². The molecule has 22 heavy (non-hydrogen) atoms. The number of carbonyl (C=O) groups excluding carboxylic acids is 2. The minimum absolute atomic E-state index is 0.0546. The second-order valence-corrected chi connectivity index (χ2v) is 9.15. The zero-order chi connectivity index (χ0) is 15.7. The van der Waals surface area contributed by atoms with Crippen LogP contribution in [0.2, 0.25) is 0 Å². The Morgan fingerprint density at radius 2 is 1.82 bits per heavy atom. The van der Waals surface area contributed by atoms with Gasteiger partial charge in [-0.05, 0) is 60.7 Å². The van der Waals surface area contributed by atoms with Gasteiger partial charge in [-0.3, -0.25) is 9.59 Å². The van der Waals surface area contributed by atoms with E-state index in [4.69, 9.17) is 0 Å². The van der Waals surface area contributed by atoms with Gasteiger partial charge in [-0.25, -0.2) is 0 Å². The molecule has 4 saturated carbocycles. The van der Waals surface area contributed by atoms with Crippen molar-refractivity contribution >= 4 is 11.6 Å². The van der Waals surface area contributed by atoms with Gasteiger partial charge in [-0.1, -0.05) is 13.8 Å². The molecule has 0 saturated heterocycles. The SMILES string of the molecule is C[C@@]12CC[C@@H]3[C@H](CC(=O)C4CC(O)CC[C@]43C)[C@H]1CC(=O)C2. The molecule has 3 nitrogen and oxygen atoms in total. The van der Waals surface area contributed by atoms with Crippen LogP contribution in [0.25, 0.3) is 0 Å². The van der Waals surface area contributed by atoms with Crippen LogP contribution in [0.15, 0.2) is 0 Å². The molecule has 4 aliphatic rings. The molecule has 0 bridgehead atoms. The highest BCUT2D eigenvalue weighted by molar-refractivity contribution is 5.85. The topological polar surface area (TPSA) is 54.4 Å². The normalized spacial score (nSPS) is 54.6. The molecule has 1 N–H and O–H groups in total. The van der Waals surface area contributed by atoms with Crippen molar-refractivity contribution in [2.45, 2.75) is 71.3 Å². The minimum Gasteiger partial charge on any atom is -0.393 e. The summed E-state index contributed by atoms with van der Waals surface area (Å²) < 4.78 is 0. The summed E-state index contributed by atoms with van der Waals surface area (Å²) in [7, 11) is 0. The summed E-state index contributed by atoms with van der Waals surface area (Å²) in [5, 5.41) is 10.0. The fraction of sp³-hybridized carbons (Fsp3) is 0.895. The summed E-state index contributed by atoms with van der Waals surface area (Å²) in [6, 6.07) is 0. The summed E-state index contributed by atoms with van der Waals surface area (Å²) in [5.41, 5.74) is 0.210. The lowest BCUT2D eigenvalue weighted by molar-refractivity contribution is -0.157. The minimum atomic E-state index is -0.291. The maximum absolute atomic E-state index is 12.8. The summed E-state index contributed by atoms with van der Waals surface area (Å²) in [5.74, 6) is 2.24. The molecule has 3 heteroatoms. The number of hydrogen-bond acceptors (Lipinski definition) is 3. The van der Waals surface area contributed by atoms with E-state index in [1.165, 1.54) is 6.42 Å². The Bertz CT molecular complexity index is 527. The molecule has 2 unspecified atom stereocenters. The van der Waals surface area contributed by atoms with E-state index in [1.54, 1.807) is 0 Å². The zero-order valence-electron chi connectivity index (χ0n) is 13.8. The average molecular weight is 304 g/mol. The van der Waals surface area contributed by atoms with Gasteiger partial charge in [-0.15, -0.1) is 0 Å². The van der Waals surface area contributed by atoms with Crippen LogP contribution in [-0.2, 0) is 9.59 Å². The summed E-state index contributed by atoms with van der Waals surface area (Å²) in [6.07, 6.45) is 6.59. The van der Waals surface area contributed by atoms with Gasteiger partial charge in [0.25, 0.3) is 0 Å². The standard InChI is InChI=1S/C19H28O3/c1-18-5-4-14-13(15(18)8-12(21)10-18)9-17(22)16-7-11(20)3-6-19(14,16)2/h11,13-16,20H,3-10H2,1-2H3/t11?,13-,14+,15+,16?,18-,19-/m0/s1. The molecule has 0 spiro atoms. The molecule has 0 aromatic carbocycles. The quantitative estimate of drug-likeness (QED) is 0.748. The Hall–Kier alpha value is -0.700. The molecule has 122 valence electrons. The van der Waals surface area contributed by atoms with E-state index in [0.717, 1.165) is 25.7 Å². The van der Waals surface area contributed by atoms with Gasteiger partial charge in [0.2, 0.25) is 0 Å². The molecule has 7 atom stereocenters. The van der Waals surface area contributed by atoms with Crippen LogP contribution in [0, 0.1) is 34.5 Å². The Labute approximate surface area is 132 Å². The first-order valence-electron chi connectivity index (χ1n) is 9.06. The van der Waals surface area contributed by atoms with Gasteiger partial charge < -0.3 is 5.11 Å². The van der Waals surface area contributed by atoms with Crippen LogP contribution >= 0.6 is 0 Å². The number of Topliss-reactive ketones (excluding diaryl/α,β-unsaturated/α-hetero) is 2. The van der Waals surface area contributed by atoms with Crippen molar-refractivity contribution in [2.24, 2.45) is 34.5 Å². The van der Waals surface area contributed by atoms with Crippen molar-refractivity contribution in [1.82, 2.24) is 0 Å². The Balaban J connectivity index is 1.69. The monoisotopic (exact) mass is 304 g/mol. The fourth-order valence-electron chi connectivity index (χ4n) is 6.80. The molecule has 4 rings (SSSR count). The number of aliphatic hydroxyl groups excluding tert-OH is 1. The number of hydrogen-bond donors (Lipinski definition) is 1. The average Bonchev–Trinajstić information content (AvgIpc) is 2.76. The molecule has 4 fully saturated rings. The van der Waals surface area contributed by atoms with Crippen molar-refractivity contribution in [3.63, 3.8) is 0 Å². The van der Waals surface area contributed by atoms with Crippen LogP contribution in [0.4, 0.5) is 0 Å². The predicted molar refractivity (Wildman–Crippen MR) is 83.1 cm³/mol. The smallest absolute Gasteiger partial charge is 0.136 e. The van der Waals surface area contributed by atoms with Crippen molar-refractivity contribution in [3.8, 4) is 0 Å². The molecule has 4 aliphatic carbocycles. The van der Waals surface area contributed by atoms with E-state index < -0.39 is 0 Å². The number of fused-ring (bicyclic) bond motifs is 5. The van der Waals surface area contributed by atoms with Crippen molar-refractivity contribution in [2.75, 3.05) is 0 Å². The summed E-state index contributed by atoms with van der Waals surface area (Å²) in [4.78, 5) is 24.9. The van der Waals surface area contributed by atoms with Gasteiger partial charge in [0, 0.05) is 25.2 Å². The third kappa shape index (κ3) is 1.90. The Kier molecular flexibility index (Phi) is 3.15. The highest BCUT2D eigenvalue weighted by Gasteiger charge is 2.61. The lowest BCUT2D eigenvalue weighted by atomic mass is 9.45. The maximum Gasteiger partial charge on any atom is 0.136 e. The van der Waals surface area contributed by atoms with Crippen LogP contribution in [-0.4, -0.2) is 22.8 Å². The second kappa shape index (κ2) is 4.66. The van der Waals surface area contributed by atoms with Crippen molar-refractivity contribution in [3.05, 3.63) is 0 Å². The van der Waals surface area contributed by atoms with Crippen LogP contribution in [0.5, 0.6) is 0 Å². The molecule has 0 heterocycles.